The molecule has 0 amide bonds. The fourth-order valence-electron chi connectivity index (χ4n) is 11.1. The number of hydrogen-bond acceptors (Lipinski definition) is 2. The van der Waals surface area contributed by atoms with E-state index in [-0.39, 0.29) is 0 Å². The maximum absolute atomic E-state index is 6.95. The third-order valence-corrected chi connectivity index (χ3v) is 13.5. The highest BCUT2D eigenvalue weighted by Crippen LogP contribution is 2.68. The number of rotatable bonds is 5. The van der Waals surface area contributed by atoms with Crippen LogP contribution in [0.25, 0.3) is 49.8 Å². The molecule has 3 aliphatic carbocycles. The van der Waals surface area contributed by atoms with Gasteiger partial charge in [0.15, 0.2) is 5.84 Å². The fraction of sp³-hybridized carbons (Fsp3) is 0.0508. The van der Waals surface area contributed by atoms with Crippen LogP contribution in [-0.2, 0) is 10.8 Å². The molecule has 0 saturated carbocycles. The minimum atomic E-state index is -0.696. The third-order valence-electron chi connectivity index (χ3n) is 13.5. The van der Waals surface area contributed by atoms with Gasteiger partial charge in [-0.3, -0.25) is 0 Å². The van der Waals surface area contributed by atoms with Crippen molar-refractivity contribution in [1.82, 2.24) is 0 Å². The second kappa shape index (κ2) is 13.8. The Kier molecular flexibility index (Phi) is 8.04. The van der Waals surface area contributed by atoms with E-state index < -0.39 is 10.8 Å². The van der Waals surface area contributed by atoms with Crippen LogP contribution in [0.2, 0.25) is 0 Å². The van der Waals surface area contributed by atoms with E-state index in [4.69, 9.17) is 9.41 Å². The minimum Gasteiger partial charge on any atom is -0.455 e. The van der Waals surface area contributed by atoms with Crippen molar-refractivity contribution in [3.63, 3.8) is 0 Å². The van der Waals surface area contributed by atoms with Gasteiger partial charge >= 0.3 is 0 Å². The van der Waals surface area contributed by atoms with Gasteiger partial charge in [-0.05, 0) is 92.5 Å². The smallest absolute Gasteiger partial charge is 0.158 e. The molecule has 1 aromatic heterocycles. The van der Waals surface area contributed by atoms with Crippen molar-refractivity contribution in [2.24, 2.45) is 9.98 Å². The highest BCUT2D eigenvalue weighted by Gasteiger charge is 2.59. The summed E-state index contributed by atoms with van der Waals surface area (Å²) in [7, 11) is 0. The number of amidine groups is 1. The molecular weight excluding hydrogens is 753 g/mol. The summed E-state index contributed by atoms with van der Waals surface area (Å²) >= 11 is 0. The summed E-state index contributed by atoms with van der Waals surface area (Å²) in [4.78, 5) is 9.31. The lowest BCUT2D eigenvalue weighted by atomic mass is 9.52. The van der Waals surface area contributed by atoms with Crippen LogP contribution in [0.4, 0.5) is 0 Å². The molecular formula is C59H40N2O. The first-order valence-electron chi connectivity index (χ1n) is 21.3. The number of para-hydroxylation sites is 1. The van der Waals surface area contributed by atoms with Crippen molar-refractivity contribution < 1.29 is 4.42 Å². The van der Waals surface area contributed by atoms with Crippen molar-refractivity contribution >= 4 is 40.1 Å². The molecule has 12 rings (SSSR count). The standard InChI is InChI=1S/C59H40N2O/c1-3-4-6-21-40(37-61-57(60-2)38-19-7-5-8-20-38)39-32-33-45-53(36-39)59(52-35-34-44-43-24-11-18-31-54(43)62-56(44)55(45)52)50-29-16-14-27-48(50)58(49-28-15-17-30-51(49)59)46-25-12-9-22-41(46)42-23-10-13-26-47(42)58/h3-37H,2H2,1H3/b4-3+,21-6-,40-37+,61-57?. The van der Waals surface area contributed by atoms with Crippen molar-refractivity contribution in [2.45, 2.75) is 17.8 Å². The fourth-order valence-corrected chi connectivity index (χ4v) is 11.1. The first-order chi connectivity index (χ1) is 30.7. The molecule has 3 heteroatoms. The molecule has 8 aromatic carbocycles. The number of benzene rings is 8. The summed E-state index contributed by atoms with van der Waals surface area (Å²) in [6, 6.07) is 66.6. The van der Waals surface area contributed by atoms with Crippen LogP contribution < -0.4 is 0 Å². The largest absolute Gasteiger partial charge is 0.455 e. The van der Waals surface area contributed by atoms with Gasteiger partial charge in [-0.15, -0.1) is 0 Å². The van der Waals surface area contributed by atoms with Crippen LogP contribution in [0.1, 0.15) is 62.6 Å². The van der Waals surface area contributed by atoms with Gasteiger partial charge < -0.3 is 4.42 Å². The summed E-state index contributed by atoms with van der Waals surface area (Å²) in [6.07, 6.45) is 10.2. The zero-order valence-electron chi connectivity index (χ0n) is 34.2. The number of fused-ring (bicyclic) bond motifs is 20. The van der Waals surface area contributed by atoms with Crippen LogP contribution in [0, 0.1) is 0 Å². The predicted octanol–water partition coefficient (Wildman–Crippen LogP) is 14.2. The number of allylic oxidation sites excluding steroid dienone is 5. The van der Waals surface area contributed by atoms with Gasteiger partial charge in [0, 0.05) is 33.7 Å². The first-order valence-corrected chi connectivity index (χ1v) is 21.3. The van der Waals surface area contributed by atoms with E-state index in [2.05, 4.69) is 182 Å². The third kappa shape index (κ3) is 4.76. The van der Waals surface area contributed by atoms with Crippen molar-refractivity contribution in [3.05, 3.63) is 268 Å². The molecule has 0 bridgehead atoms. The molecule has 292 valence electrons. The van der Waals surface area contributed by atoms with Crippen LogP contribution in [-0.4, -0.2) is 12.6 Å². The quantitative estimate of drug-likeness (QED) is 0.0972. The Hall–Kier alpha value is -7.88. The topological polar surface area (TPSA) is 37.9 Å². The van der Waals surface area contributed by atoms with Gasteiger partial charge in [0.25, 0.3) is 0 Å². The second-order valence-electron chi connectivity index (χ2n) is 16.4. The Bertz CT molecular complexity index is 3350. The molecule has 2 spiro atoms. The molecule has 0 radical (unpaired) electrons. The lowest BCUT2D eigenvalue weighted by Gasteiger charge is -2.48. The van der Waals surface area contributed by atoms with E-state index in [0.29, 0.717) is 5.84 Å². The Morgan fingerprint density at radius 2 is 1.08 bits per heavy atom. The SMILES string of the molecule is C=NC(=N\C=C(/C=C\C=C\C)c1ccc2c(c1)C1(c3ccccc3C3(c4ccccc4-c4ccccc43)c3ccccc31)c1ccc3c(oc4ccccc43)c1-2)c1ccccc1. The average Bonchev–Trinajstić information content (AvgIpc) is 3.96. The zero-order chi connectivity index (χ0) is 41.4. The molecule has 1 heterocycles. The van der Waals surface area contributed by atoms with E-state index in [9.17, 15) is 0 Å². The second-order valence-corrected chi connectivity index (χ2v) is 16.4. The highest BCUT2D eigenvalue weighted by atomic mass is 16.3. The Morgan fingerprint density at radius 3 is 1.73 bits per heavy atom. The number of nitrogens with zero attached hydrogens (tertiary/aromatic N) is 2. The molecule has 0 saturated heterocycles. The van der Waals surface area contributed by atoms with E-state index in [1.807, 2.05) is 49.5 Å². The maximum atomic E-state index is 6.95. The van der Waals surface area contributed by atoms with Crippen LogP contribution in [0.15, 0.2) is 227 Å². The van der Waals surface area contributed by atoms with E-state index in [1.165, 1.54) is 61.2 Å². The molecule has 3 aliphatic rings. The average molecular weight is 793 g/mol. The normalized spacial score (nSPS) is 15.2. The monoisotopic (exact) mass is 792 g/mol. The Morgan fingerprint density at radius 1 is 0.500 bits per heavy atom. The van der Waals surface area contributed by atoms with E-state index in [0.717, 1.165) is 44.2 Å². The summed E-state index contributed by atoms with van der Waals surface area (Å²) in [5.74, 6) is 0.567. The number of hydrogen-bond donors (Lipinski definition) is 0. The van der Waals surface area contributed by atoms with Crippen molar-refractivity contribution in [2.75, 3.05) is 0 Å². The molecule has 0 N–H and O–H groups in total. The van der Waals surface area contributed by atoms with Gasteiger partial charge in [0.2, 0.25) is 0 Å². The van der Waals surface area contributed by atoms with Gasteiger partial charge in [0.05, 0.1) is 10.8 Å². The molecule has 9 aromatic rings. The van der Waals surface area contributed by atoms with E-state index in [1.54, 1.807) is 0 Å². The summed E-state index contributed by atoms with van der Waals surface area (Å²) in [5, 5.41) is 2.24. The van der Waals surface area contributed by atoms with Crippen LogP contribution in [0.3, 0.4) is 0 Å². The predicted molar refractivity (Wildman–Crippen MR) is 256 cm³/mol. The van der Waals surface area contributed by atoms with Gasteiger partial charge in [-0.2, -0.15) is 0 Å². The molecule has 3 nitrogen and oxygen atoms in total. The molecule has 0 aliphatic heterocycles. The van der Waals surface area contributed by atoms with Crippen molar-refractivity contribution in [1.29, 1.82) is 0 Å². The van der Waals surface area contributed by atoms with Gasteiger partial charge in [-0.25, -0.2) is 9.98 Å². The molecule has 62 heavy (non-hydrogen) atoms. The molecule has 0 fully saturated rings. The molecule has 0 atom stereocenters. The summed E-state index contributed by atoms with van der Waals surface area (Å²) in [6.45, 7) is 5.91. The van der Waals surface area contributed by atoms with Gasteiger partial charge in [-0.1, -0.05) is 194 Å². The summed E-state index contributed by atoms with van der Waals surface area (Å²) < 4.78 is 6.95. The number of furan rings is 1. The van der Waals surface area contributed by atoms with Crippen LogP contribution >= 0.6 is 0 Å². The first kappa shape index (κ1) is 36.0. The Labute approximate surface area is 361 Å². The minimum absolute atomic E-state index is 0.532. The van der Waals surface area contributed by atoms with Crippen LogP contribution in [0.5, 0.6) is 0 Å². The van der Waals surface area contributed by atoms with E-state index >= 15 is 0 Å². The van der Waals surface area contributed by atoms with Crippen molar-refractivity contribution in [3.8, 4) is 22.3 Å². The number of aliphatic imine (C=N–C) groups is 2. The lowest BCUT2D eigenvalue weighted by Crippen LogP contribution is -2.43. The lowest BCUT2D eigenvalue weighted by molar-refractivity contribution is 0.631. The summed E-state index contributed by atoms with van der Waals surface area (Å²) in [5.41, 5.74) is 18.6. The van der Waals surface area contributed by atoms with Gasteiger partial charge in [0.1, 0.15) is 11.2 Å². The highest BCUT2D eigenvalue weighted by molar-refractivity contribution is 6.13. The maximum Gasteiger partial charge on any atom is 0.158 e. The zero-order valence-corrected chi connectivity index (χ0v) is 34.2. The Balaban J connectivity index is 1.20. The molecule has 0 unspecified atom stereocenters.